The van der Waals surface area contributed by atoms with E-state index in [1.54, 1.807) is 24.4 Å². The molecular weight excluding hydrogens is 394 g/mol. The topological polar surface area (TPSA) is 98.1 Å². The molecule has 2 aromatic heterocycles. The van der Waals surface area contributed by atoms with Crippen molar-refractivity contribution in [3.63, 3.8) is 0 Å². The van der Waals surface area contributed by atoms with E-state index in [4.69, 9.17) is 4.74 Å². The minimum Gasteiger partial charge on any atom is -0.373 e. The summed E-state index contributed by atoms with van der Waals surface area (Å²) in [5.41, 5.74) is 3.34. The molecule has 1 aliphatic heterocycles. The van der Waals surface area contributed by atoms with Crippen LogP contribution in [0.5, 0.6) is 0 Å². The molecule has 0 aliphatic carbocycles. The number of ether oxygens (including phenoxy) is 1. The summed E-state index contributed by atoms with van der Waals surface area (Å²) in [6, 6.07) is 15.0. The highest BCUT2D eigenvalue weighted by Gasteiger charge is 2.27. The van der Waals surface area contributed by atoms with E-state index in [0.29, 0.717) is 36.7 Å². The van der Waals surface area contributed by atoms with Crippen LogP contribution in [-0.4, -0.2) is 33.2 Å². The number of fused-ring (bicyclic) bond motifs is 1. The van der Waals surface area contributed by atoms with Crippen LogP contribution in [0.15, 0.2) is 54.7 Å². The van der Waals surface area contributed by atoms with Gasteiger partial charge in [0.25, 0.3) is 11.8 Å². The van der Waals surface area contributed by atoms with E-state index in [0.717, 1.165) is 17.7 Å². The standard InChI is InChI=1S/C23H25N5O3/c1-2-19(16-7-4-3-5-8-16)26-22(29)18-13-20(28-11-12-31-15-21(18)28)23(30)24-14-17-9-6-10-25-27-17/h3-10,13,19H,2,11-12,14-15H2,1H3,(H,24,30)(H,26,29)/t19-/m1/s1. The van der Waals surface area contributed by atoms with Gasteiger partial charge in [0.05, 0.1) is 42.8 Å². The van der Waals surface area contributed by atoms with Crippen molar-refractivity contribution in [2.75, 3.05) is 6.61 Å². The van der Waals surface area contributed by atoms with Crippen LogP contribution >= 0.6 is 0 Å². The number of carbonyl (C=O) groups excluding carboxylic acids is 2. The summed E-state index contributed by atoms with van der Waals surface area (Å²) in [4.78, 5) is 26.0. The Bertz CT molecular complexity index is 1050. The van der Waals surface area contributed by atoms with Crippen molar-refractivity contribution in [3.05, 3.63) is 82.9 Å². The van der Waals surface area contributed by atoms with Gasteiger partial charge in [0.2, 0.25) is 0 Å². The van der Waals surface area contributed by atoms with Crippen molar-refractivity contribution in [2.45, 2.75) is 39.1 Å². The molecule has 8 nitrogen and oxygen atoms in total. The predicted octanol–water partition coefficient (Wildman–Crippen LogP) is 2.62. The summed E-state index contributed by atoms with van der Waals surface area (Å²) < 4.78 is 7.44. The van der Waals surface area contributed by atoms with Crippen LogP contribution in [0.2, 0.25) is 0 Å². The van der Waals surface area contributed by atoms with Gasteiger partial charge < -0.3 is 19.9 Å². The third-order valence-electron chi connectivity index (χ3n) is 5.36. The average Bonchev–Trinajstić information content (AvgIpc) is 3.22. The summed E-state index contributed by atoms with van der Waals surface area (Å²) in [6.45, 7) is 3.60. The number of rotatable bonds is 7. The van der Waals surface area contributed by atoms with E-state index in [1.807, 2.05) is 41.8 Å². The SMILES string of the molecule is CC[C@@H](NC(=O)c1cc(C(=O)NCc2cccnn2)n2c1COCC2)c1ccccc1. The Hall–Kier alpha value is -3.52. The number of aromatic nitrogens is 3. The lowest BCUT2D eigenvalue weighted by molar-refractivity contribution is 0.0776. The van der Waals surface area contributed by atoms with Crippen molar-refractivity contribution in [1.29, 1.82) is 0 Å². The number of hydrogen-bond acceptors (Lipinski definition) is 5. The third kappa shape index (κ3) is 4.64. The van der Waals surface area contributed by atoms with E-state index in [2.05, 4.69) is 20.8 Å². The highest BCUT2D eigenvalue weighted by Crippen LogP contribution is 2.23. The first-order valence-electron chi connectivity index (χ1n) is 10.4. The van der Waals surface area contributed by atoms with Crippen molar-refractivity contribution in [3.8, 4) is 0 Å². The maximum absolute atomic E-state index is 13.1. The van der Waals surface area contributed by atoms with Gasteiger partial charge in [0.15, 0.2) is 0 Å². The van der Waals surface area contributed by atoms with E-state index >= 15 is 0 Å². The first-order valence-corrected chi connectivity index (χ1v) is 10.4. The number of carbonyl (C=O) groups is 2. The Morgan fingerprint density at radius 1 is 1.16 bits per heavy atom. The molecule has 1 aromatic carbocycles. The molecule has 0 bridgehead atoms. The number of amides is 2. The van der Waals surface area contributed by atoms with Gasteiger partial charge in [0, 0.05) is 12.7 Å². The molecule has 2 amide bonds. The van der Waals surface area contributed by atoms with Crippen LogP contribution in [0.1, 0.15) is 57.2 Å². The van der Waals surface area contributed by atoms with Crippen LogP contribution in [0.4, 0.5) is 0 Å². The second-order valence-corrected chi connectivity index (χ2v) is 7.34. The molecule has 1 atom stereocenters. The summed E-state index contributed by atoms with van der Waals surface area (Å²) in [5, 5.41) is 13.8. The van der Waals surface area contributed by atoms with E-state index < -0.39 is 0 Å². The van der Waals surface area contributed by atoms with Gasteiger partial charge in [-0.15, -0.1) is 0 Å². The molecule has 160 valence electrons. The van der Waals surface area contributed by atoms with E-state index in [-0.39, 0.29) is 24.4 Å². The van der Waals surface area contributed by atoms with Gasteiger partial charge >= 0.3 is 0 Å². The number of nitrogens with one attached hydrogen (secondary N) is 2. The predicted molar refractivity (Wildman–Crippen MR) is 114 cm³/mol. The van der Waals surface area contributed by atoms with Gasteiger partial charge in [-0.1, -0.05) is 37.3 Å². The molecule has 3 heterocycles. The molecule has 3 aromatic rings. The molecule has 1 aliphatic rings. The molecule has 8 heteroatoms. The molecule has 2 N–H and O–H groups in total. The van der Waals surface area contributed by atoms with Crippen molar-refractivity contribution in [2.24, 2.45) is 0 Å². The van der Waals surface area contributed by atoms with Gasteiger partial charge in [-0.2, -0.15) is 10.2 Å². The lowest BCUT2D eigenvalue weighted by Crippen LogP contribution is -2.30. The molecule has 31 heavy (non-hydrogen) atoms. The summed E-state index contributed by atoms with van der Waals surface area (Å²) in [6.07, 6.45) is 2.34. The Kier molecular flexibility index (Phi) is 6.37. The second-order valence-electron chi connectivity index (χ2n) is 7.34. The third-order valence-corrected chi connectivity index (χ3v) is 5.36. The molecule has 0 fully saturated rings. The molecular formula is C23H25N5O3. The zero-order valence-electron chi connectivity index (χ0n) is 17.4. The first-order chi connectivity index (χ1) is 15.2. The van der Waals surface area contributed by atoms with Crippen LogP contribution < -0.4 is 10.6 Å². The molecule has 4 rings (SSSR count). The maximum atomic E-state index is 13.1. The minimum atomic E-state index is -0.261. The highest BCUT2D eigenvalue weighted by atomic mass is 16.5. The number of hydrogen-bond donors (Lipinski definition) is 2. The normalized spacial score (nSPS) is 13.8. The summed E-state index contributed by atoms with van der Waals surface area (Å²) in [5.74, 6) is -0.471. The van der Waals surface area contributed by atoms with Crippen LogP contribution in [0, 0.1) is 0 Å². The van der Waals surface area contributed by atoms with Crippen LogP contribution in [-0.2, 0) is 24.4 Å². The quantitative estimate of drug-likeness (QED) is 0.614. The van der Waals surface area contributed by atoms with Gasteiger partial charge in [-0.05, 0) is 30.2 Å². The Morgan fingerprint density at radius 3 is 2.74 bits per heavy atom. The van der Waals surface area contributed by atoms with Crippen LogP contribution in [0.25, 0.3) is 0 Å². The Balaban J connectivity index is 1.55. The van der Waals surface area contributed by atoms with Crippen molar-refractivity contribution < 1.29 is 14.3 Å². The molecule has 0 radical (unpaired) electrons. The molecule has 0 spiro atoms. The summed E-state index contributed by atoms with van der Waals surface area (Å²) >= 11 is 0. The number of nitrogens with zero attached hydrogens (tertiary/aromatic N) is 3. The molecule has 0 saturated heterocycles. The first kappa shape index (κ1) is 20.7. The van der Waals surface area contributed by atoms with Gasteiger partial charge in [0.1, 0.15) is 5.69 Å². The molecule has 0 saturated carbocycles. The van der Waals surface area contributed by atoms with Gasteiger partial charge in [-0.3, -0.25) is 9.59 Å². The lowest BCUT2D eigenvalue weighted by Gasteiger charge is -2.20. The zero-order chi connectivity index (χ0) is 21.6. The van der Waals surface area contributed by atoms with E-state index in [1.165, 1.54) is 0 Å². The summed E-state index contributed by atoms with van der Waals surface area (Å²) in [7, 11) is 0. The minimum absolute atomic E-state index is 0.109. The van der Waals surface area contributed by atoms with E-state index in [9.17, 15) is 9.59 Å². The fraction of sp³-hybridized carbons (Fsp3) is 0.304. The lowest BCUT2D eigenvalue weighted by atomic mass is 10.0. The fourth-order valence-corrected chi connectivity index (χ4v) is 3.74. The van der Waals surface area contributed by atoms with Gasteiger partial charge in [-0.25, -0.2) is 0 Å². The Morgan fingerprint density at radius 2 is 2.00 bits per heavy atom. The number of benzene rings is 1. The van der Waals surface area contributed by atoms with Crippen molar-refractivity contribution in [1.82, 2.24) is 25.4 Å². The van der Waals surface area contributed by atoms with Crippen molar-refractivity contribution >= 4 is 11.8 Å². The Labute approximate surface area is 180 Å². The monoisotopic (exact) mass is 419 g/mol. The zero-order valence-corrected chi connectivity index (χ0v) is 17.4. The van der Waals surface area contributed by atoms with Crippen LogP contribution in [0.3, 0.4) is 0 Å². The average molecular weight is 419 g/mol. The maximum Gasteiger partial charge on any atom is 0.268 e. The highest BCUT2D eigenvalue weighted by molar-refractivity contribution is 6.00. The molecule has 0 unspecified atom stereocenters. The largest absolute Gasteiger partial charge is 0.373 e. The fourth-order valence-electron chi connectivity index (χ4n) is 3.74. The second kappa shape index (κ2) is 9.53. The smallest absolute Gasteiger partial charge is 0.268 e.